The van der Waals surface area contributed by atoms with Crippen LogP contribution in [0.25, 0.3) is 0 Å². The average molecular weight is 741 g/mol. The third-order valence-electron chi connectivity index (χ3n) is 13.3. The van der Waals surface area contributed by atoms with Gasteiger partial charge in [-0.3, -0.25) is 19.2 Å². The number of ether oxygens (including phenoxy) is 1. The molecule has 1 aliphatic heterocycles. The molecule has 1 heterocycles. The smallest absolute Gasteiger partial charge is 0.407 e. The van der Waals surface area contributed by atoms with Gasteiger partial charge in [0, 0.05) is 19.1 Å². The Hall–Kier alpha value is -3.38. The molecule has 0 radical (unpaired) electrons. The largest absolute Gasteiger partial charge is 0.447 e. The van der Waals surface area contributed by atoms with Crippen molar-refractivity contribution in [2.45, 2.75) is 155 Å². The van der Waals surface area contributed by atoms with Crippen molar-refractivity contribution in [2.24, 2.45) is 39.9 Å². The summed E-state index contributed by atoms with van der Waals surface area (Å²) in [4.78, 5) is 83.4. The number of alkyl carbamates (subject to hydrolysis) is 1. The third-order valence-corrected chi connectivity index (χ3v) is 13.3. The van der Waals surface area contributed by atoms with Crippen molar-refractivity contribution in [2.75, 3.05) is 19.7 Å². The first-order chi connectivity index (χ1) is 25.0. The Morgan fingerprint density at radius 3 is 2.11 bits per heavy atom. The highest BCUT2D eigenvalue weighted by atomic mass is 16.5. The standard InChI is InChI=1S/C40H64N6O7/c1-38(2,3)28(22-53-37(52)41-20-24-12-13-24)44-36(51)45-32(40(6)18-8-7-9-19-40)35(50)46-21-26-29(39(26,4)5)30(46)33(48)43-27(17-14-23-10-11-23)31(47)34(49)42-25-15-16-25/h23-30,32H,7-22H2,1-6H3,(H,41,52)(H,42,49)(H,43,48)(H2,44,45,51)/t26-,27?,28+,29-,30-,32+/m0/s1. The number of nitrogens with zero attached hydrogens (tertiary/aromatic N) is 1. The van der Waals surface area contributed by atoms with Crippen LogP contribution in [0.4, 0.5) is 9.59 Å². The molecule has 6 fully saturated rings. The molecule has 13 heteroatoms. The highest BCUT2D eigenvalue weighted by Crippen LogP contribution is 2.65. The van der Waals surface area contributed by atoms with Crippen LogP contribution in [0, 0.1) is 39.9 Å². The molecule has 0 bridgehead atoms. The van der Waals surface area contributed by atoms with Gasteiger partial charge in [-0.25, -0.2) is 9.59 Å². The predicted molar refractivity (Wildman–Crippen MR) is 198 cm³/mol. The van der Waals surface area contributed by atoms with Crippen LogP contribution in [0.5, 0.6) is 0 Å². The normalized spacial score (nSPS) is 27.3. The van der Waals surface area contributed by atoms with Gasteiger partial charge in [0.25, 0.3) is 5.91 Å². The molecule has 6 atom stereocenters. The van der Waals surface area contributed by atoms with Crippen molar-refractivity contribution in [3.63, 3.8) is 0 Å². The highest BCUT2D eigenvalue weighted by Gasteiger charge is 2.70. The summed E-state index contributed by atoms with van der Waals surface area (Å²) in [6, 6.07) is -3.73. The number of rotatable bonds is 16. The topological polar surface area (TPSA) is 175 Å². The molecule has 296 valence electrons. The number of carbonyl (C=O) groups is 6. The quantitative estimate of drug-likeness (QED) is 0.148. The molecule has 5 N–H and O–H groups in total. The number of carbonyl (C=O) groups excluding carboxylic acids is 6. The van der Waals surface area contributed by atoms with Gasteiger partial charge in [-0.1, -0.05) is 73.6 Å². The maximum atomic E-state index is 14.9. The molecule has 0 aromatic heterocycles. The number of likely N-dealkylation sites (tertiary alicyclic amines) is 1. The fraction of sp³-hybridized carbons (Fsp3) is 0.850. The number of amides is 6. The second kappa shape index (κ2) is 15.4. The second-order valence-corrected chi connectivity index (χ2v) is 19.2. The van der Waals surface area contributed by atoms with E-state index in [4.69, 9.17) is 4.74 Å². The number of nitrogens with one attached hydrogen (secondary N) is 5. The summed E-state index contributed by atoms with van der Waals surface area (Å²) in [7, 11) is 0. The molecule has 1 saturated heterocycles. The second-order valence-electron chi connectivity index (χ2n) is 19.2. The van der Waals surface area contributed by atoms with E-state index in [1.807, 2.05) is 27.7 Å². The molecular weight excluding hydrogens is 676 g/mol. The average Bonchev–Trinajstić information content (AvgIpc) is 3.91. The minimum atomic E-state index is -0.956. The van der Waals surface area contributed by atoms with E-state index in [1.54, 1.807) is 4.90 Å². The Labute approximate surface area is 315 Å². The summed E-state index contributed by atoms with van der Waals surface area (Å²) < 4.78 is 5.51. The molecule has 53 heavy (non-hydrogen) atoms. The van der Waals surface area contributed by atoms with Crippen molar-refractivity contribution in [3.05, 3.63) is 0 Å². The summed E-state index contributed by atoms with van der Waals surface area (Å²) in [5, 5.41) is 14.6. The van der Waals surface area contributed by atoms with Gasteiger partial charge in [0.2, 0.25) is 17.6 Å². The van der Waals surface area contributed by atoms with Crippen molar-refractivity contribution in [3.8, 4) is 0 Å². The lowest BCUT2D eigenvalue weighted by molar-refractivity contribution is -0.146. The number of fused-ring (bicyclic) bond motifs is 1. The van der Waals surface area contributed by atoms with Crippen LogP contribution >= 0.6 is 0 Å². The molecule has 13 nitrogen and oxygen atoms in total. The zero-order chi connectivity index (χ0) is 38.3. The fourth-order valence-corrected chi connectivity index (χ4v) is 8.74. The lowest BCUT2D eigenvalue weighted by Gasteiger charge is -2.43. The van der Waals surface area contributed by atoms with Gasteiger partial charge in [0.1, 0.15) is 18.7 Å². The highest BCUT2D eigenvalue weighted by molar-refractivity contribution is 6.38. The van der Waals surface area contributed by atoms with Gasteiger partial charge in [0.15, 0.2) is 0 Å². The van der Waals surface area contributed by atoms with Crippen molar-refractivity contribution >= 4 is 35.6 Å². The van der Waals surface area contributed by atoms with E-state index < -0.39 is 64.7 Å². The zero-order valence-corrected chi connectivity index (χ0v) is 32.8. The van der Waals surface area contributed by atoms with E-state index in [1.165, 1.54) is 0 Å². The van der Waals surface area contributed by atoms with Crippen LogP contribution in [-0.4, -0.2) is 90.4 Å². The minimum absolute atomic E-state index is 0.0210. The van der Waals surface area contributed by atoms with Gasteiger partial charge in [-0.15, -0.1) is 0 Å². The molecule has 0 spiro atoms. The van der Waals surface area contributed by atoms with Crippen LogP contribution in [0.1, 0.15) is 125 Å². The van der Waals surface area contributed by atoms with E-state index in [-0.39, 0.29) is 35.8 Å². The number of piperidine rings is 1. The maximum absolute atomic E-state index is 14.9. The molecule has 5 aliphatic carbocycles. The first-order valence-electron chi connectivity index (χ1n) is 20.4. The van der Waals surface area contributed by atoms with E-state index >= 15 is 0 Å². The first kappa shape index (κ1) is 39.3. The van der Waals surface area contributed by atoms with Gasteiger partial charge >= 0.3 is 12.1 Å². The lowest BCUT2D eigenvalue weighted by Crippen LogP contribution is -2.63. The Kier molecular flexibility index (Phi) is 11.4. The monoisotopic (exact) mass is 740 g/mol. The van der Waals surface area contributed by atoms with E-state index in [0.29, 0.717) is 31.3 Å². The Morgan fingerprint density at radius 1 is 0.849 bits per heavy atom. The molecule has 0 aromatic carbocycles. The molecule has 5 saturated carbocycles. The molecule has 0 aromatic rings. The predicted octanol–water partition coefficient (Wildman–Crippen LogP) is 4.18. The fourth-order valence-electron chi connectivity index (χ4n) is 8.74. The van der Waals surface area contributed by atoms with Gasteiger partial charge in [-0.2, -0.15) is 0 Å². The SMILES string of the molecule is CC(C)(C)[C@@H](COC(=O)NCC1CC1)NC(=O)N[C@H](C(=O)N1C[C@H]2[C@@H]([C@H]1C(=O)NC(CCC1CC1)C(=O)C(=O)NC1CC1)C2(C)C)C1(C)CCCCC1. The summed E-state index contributed by atoms with van der Waals surface area (Å²) in [5.41, 5.74) is -1.18. The Balaban J connectivity index is 1.17. The molecule has 6 amide bonds. The maximum Gasteiger partial charge on any atom is 0.407 e. The zero-order valence-electron chi connectivity index (χ0n) is 32.8. The van der Waals surface area contributed by atoms with Gasteiger partial charge in [-0.05, 0) is 91.3 Å². The van der Waals surface area contributed by atoms with E-state index in [9.17, 15) is 28.8 Å². The van der Waals surface area contributed by atoms with E-state index in [2.05, 4.69) is 40.4 Å². The Bertz CT molecular complexity index is 1420. The summed E-state index contributed by atoms with van der Waals surface area (Å²) >= 11 is 0. The summed E-state index contributed by atoms with van der Waals surface area (Å²) in [5.74, 6) is -0.986. The summed E-state index contributed by atoms with van der Waals surface area (Å²) in [6.07, 6.45) is 11.1. The van der Waals surface area contributed by atoms with E-state index in [0.717, 1.165) is 77.0 Å². The minimum Gasteiger partial charge on any atom is -0.447 e. The van der Waals surface area contributed by atoms with Crippen molar-refractivity contribution in [1.29, 1.82) is 0 Å². The van der Waals surface area contributed by atoms with Crippen LogP contribution in [0.15, 0.2) is 0 Å². The lowest BCUT2D eigenvalue weighted by atomic mass is 9.70. The third kappa shape index (κ3) is 9.65. The number of urea groups is 1. The Morgan fingerprint density at radius 2 is 1.51 bits per heavy atom. The van der Waals surface area contributed by atoms with Crippen molar-refractivity contribution in [1.82, 2.24) is 31.5 Å². The molecule has 6 aliphatic rings. The number of hydrogen-bond donors (Lipinski definition) is 5. The van der Waals surface area contributed by atoms with Crippen LogP contribution < -0.4 is 26.6 Å². The summed E-state index contributed by atoms with van der Waals surface area (Å²) in [6.45, 7) is 13.0. The molecule has 6 rings (SSSR count). The van der Waals surface area contributed by atoms with Gasteiger partial charge in [0.05, 0.1) is 12.1 Å². The van der Waals surface area contributed by atoms with Crippen LogP contribution in [0.3, 0.4) is 0 Å². The van der Waals surface area contributed by atoms with Crippen LogP contribution in [-0.2, 0) is 23.9 Å². The number of ketones is 1. The first-order valence-corrected chi connectivity index (χ1v) is 20.4. The van der Waals surface area contributed by atoms with Crippen molar-refractivity contribution < 1.29 is 33.5 Å². The van der Waals surface area contributed by atoms with Gasteiger partial charge < -0.3 is 36.2 Å². The molecule has 1 unspecified atom stereocenters. The number of Topliss-reactive ketones (excluding diaryl/α,β-unsaturated/α-hetero) is 1. The molecular formula is C40H64N6O7. The van der Waals surface area contributed by atoms with Crippen LogP contribution in [0.2, 0.25) is 0 Å². The number of hydrogen-bond acceptors (Lipinski definition) is 7.